The van der Waals surface area contributed by atoms with E-state index < -0.39 is 5.97 Å². The molecule has 1 aliphatic rings. The Hall–Kier alpha value is -1.64. The van der Waals surface area contributed by atoms with Gasteiger partial charge in [0.15, 0.2) is 5.78 Å². The van der Waals surface area contributed by atoms with E-state index in [9.17, 15) is 9.59 Å². The van der Waals surface area contributed by atoms with Crippen molar-refractivity contribution >= 4 is 11.8 Å². The molecule has 0 heterocycles. The zero-order valence-corrected chi connectivity index (χ0v) is 6.36. The number of aliphatic carboxylic acids is 1. The summed E-state index contributed by atoms with van der Waals surface area (Å²) in [6.45, 7) is 0. The maximum Gasteiger partial charge on any atom is 0.328 e. The van der Waals surface area contributed by atoms with Crippen LogP contribution in [-0.2, 0) is 9.59 Å². The first-order chi connectivity index (χ1) is 5.68. The highest BCUT2D eigenvalue weighted by Crippen LogP contribution is 2.09. The summed E-state index contributed by atoms with van der Waals surface area (Å²) in [4.78, 5) is 20.9. The van der Waals surface area contributed by atoms with Crippen molar-refractivity contribution in [2.24, 2.45) is 0 Å². The molecule has 0 aromatic rings. The van der Waals surface area contributed by atoms with Crippen LogP contribution in [0.5, 0.6) is 0 Å². The van der Waals surface area contributed by atoms with Gasteiger partial charge in [0.1, 0.15) is 0 Å². The summed E-state index contributed by atoms with van der Waals surface area (Å²) in [5, 5.41) is 8.29. The van der Waals surface area contributed by atoms with Crippen molar-refractivity contribution in [1.29, 1.82) is 0 Å². The van der Waals surface area contributed by atoms with Crippen molar-refractivity contribution in [3.8, 4) is 0 Å². The molecule has 1 N–H and O–H groups in total. The van der Waals surface area contributed by atoms with Crippen molar-refractivity contribution in [1.82, 2.24) is 0 Å². The molecule has 62 valence electrons. The van der Waals surface area contributed by atoms with E-state index in [-0.39, 0.29) is 5.78 Å². The molecule has 1 rings (SSSR count). The lowest BCUT2D eigenvalue weighted by molar-refractivity contribution is -0.131. The monoisotopic (exact) mass is 164 g/mol. The van der Waals surface area contributed by atoms with Gasteiger partial charge in [-0.15, -0.1) is 0 Å². The summed E-state index contributed by atoms with van der Waals surface area (Å²) in [5.74, 6) is -1.000. The van der Waals surface area contributed by atoms with Crippen LogP contribution in [0.1, 0.15) is 6.42 Å². The number of rotatable bonds is 2. The average molecular weight is 164 g/mol. The first-order valence-corrected chi connectivity index (χ1v) is 3.49. The number of carbonyl (C=O) groups excluding carboxylic acids is 1. The molecule has 1 aliphatic carbocycles. The number of carboxylic acids is 1. The lowest BCUT2D eigenvalue weighted by atomic mass is 10.0. The molecule has 0 saturated carbocycles. The van der Waals surface area contributed by atoms with Crippen LogP contribution in [0.25, 0.3) is 0 Å². The number of allylic oxidation sites excluding steroid dienone is 5. The molecule has 3 nitrogen and oxygen atoms in total. The Morgan fingerprint density at radius 3 is 2.92 bits per heavy atom. The van der Waals surface area contributed by atoms with Gasteiger partial charge in [-0.1, -0.05) is 18.2 Å². The van der Waals surface area contributed by atoms with Gasteiger partial charge in [0.25, 0.3) is 0 Å². The zero-order chi connectivity index (χ0) is 8.97. The first kappa shape index (κ1) is 8.46. The van der Waals surface area contributed by atoms with E-state index in [1.807, 2.05) is 0 Å². The van der Waals surface area contributed by atoms with Crippen LogP contribution < -0.4 is 0 Å². The van der Waals surface area contributed by atoms with E-state index in [2.05, 4.69) is 0 Å². The van der Waals surface area contributed by atoms with Gasteiger partial charge in [-0.3, -0.25) is 4.79 Å². The van der Waals surface area contributed by atoms with Crippen LogP contribution in [0.4, 0.5) is 0 Å². The van der Waals surface area contributed by atoms with E-state index in [4.69, 9.17) is 5.11 Å². The van der Waals surface area contributed by atoms with Crippen LogP contribution in [0.3, 0.4) is 0 Å². The SMILES string of the molecule is O=C(O)C=CC1=CC=CC(=O)C1. The summed E-state index contributed by atoms with van der Waals surface area (Å²) < 4.78 is 0. The van der Waals surface area contributed by atoms with Gasteiger partial charge < -0.3 is 5.11 Å². The van der Waals surface area contributed by atoms with Gasteiger partial charge in [-0.25, -0.2) is 4.79 Å². The van der Waals surface area contributed by atoms with Crippen molar-refractivity contribution in [2.45, 2.75) is 6.42 Å². The fourth-order valence-corrected chi connectivity index (χ4v) is 0.891. The standard InChI is InChI=1S/C9H8O3/c10-8-3-1-2-7(6-8)4-5-9(11)12/h1-5H,6H2,(H,11,12). The number of hydrogen-bond acceptors (Lipinski definition) is 2. The largest absolute Gasteiger partial charge is 0.478 e. The van der Waals surface area contributed by atoms with Crippen LogP contribution in [0, 0.1) is 0 Å². The molecular formula is C9H8O3. The van der Waals surface area contributed by atoms with Gasteiger partial charge in [0, 0.05) is 12.5 Å². The molecule has 3 heteroatoms. The molecule has 0 amide bonds. The Morgan fingerprint density at radius 1 is 1.58 bits per heavy atom. The molecule has 0 spiro atoms. The van der Waals surface area contributed by atoms with Crippen molar-refractivity contribution in [3.05, 3.63) is 36.0 Å². The molecular weight excluding hydrogens is 156 g/mol. The quantitative estimate of drug-likeness (QED) is 0.621. The highest BCUT2D eigenvalue weighted by molar-refractivity contribution is 5.93. The second kappa shape index (κ2) is 3.67. The minimum atomic E-state index is -1.00. The molecule has 0 radical (unpaired) electrons. The Morgan fingerprint density at radius 2 is 2.33 bits per heavy atom. The molecule has 0 unspecified atom stereocenters. The summed E-state index contributed by atoms with van der Waals surface area (Å²) in [6.07, 6.45) is 7.56. The highest BCUT2D eigenvalue weighted by atomic mass is 16.4. The maximum atomic E-state index is 10.8. The smallest absolute Gasteiger partial charge is 0.328 e. The molecule has 0 aromatic carbocycles. The maximum absolute atomic E-state index is 10.8. The summed E-state index contributed by atoms with van der Waals surface area (Å²) in [5.41, 5.74) is 0.727. The normalized spacial score (nSPS) is 16.7. The number of hydrogen-bond donors (Lipinski definition) is 1. The lowest BCUT2D eigenvalue weighted by Crippen LogP contribution is -1.98. The fourth-order valence-electron chi connectivity index (χ4n) is 0.891. The summed E-state index contributed by atoms with van der Waals surface area (Å²) in [7, 11) is 0. The minimum Gasteiger partial charge on any atom is -0.478 e. The topological polar surface area (TPSA) is 54.4 Å². The predicted molar refractivity (Wildman–Crippen MR) is 43.6 cm³/mol. The van der Waals surface area contributed by atoms with E-state index >= 15 is 0 Å². The third-order valence-corrected chi connectivity index (χ3v) is 1.41. The predicted octanol–water partition coefficient (Wildman–Crippen LogP) is 1.08. The summed E-state index contributed by atoms with van der Waals surface area (Å²) >= 11 is 0. The van der Waals surface area contributed by atoms with Crippen LogP contribution >= 0.6 is 0 Å². The Bertz CT molecular complexity index is 295. The van der Waals surface area contributed by atoms with Crippen LogP contribution in [0.15, 0.2) is 36.0 Å². The minimum absolute atomic E-state index is 0.00235. The number of carbonyl (C=O) groups is 2. The van der Waals surface area contributed by atoms with Crippen molar-refractivity contribution in [3.63, 3.8) is 0 Å². The van der Waals surface area contributed by atoms with Gasteiger partial charge in [-0.05, 0) is 11.6 Å². The van der Waals surface area contributed by atoms with Crippen LogP contribution in [-0.4, -0.2) is 16.9 Å². The lowest BCUT2D eigenvalue weighted by Gasteiger charge is -2.00. The van der Waals surface area contributed by atoms with Crippen molar-refractivity contribution in [2.75, 3.05) is 0 Å². The molecule has 0 aromatic heterocycles. The Labute approximate surface area is 69.7 Å². The van der Waals surface area contributed by atoms with Gasteiger partial charge >= 0.3 is 5.97 Å². The fraction of sp³-hybridized carbons (Fsp3) is 0.111. The zero-order valence-electron chi connectivity index (χ0n) is 6.36. The first-order valence-electron chi connectivity index (χ1n) is 3.49. The van der Waals surface area contributed by atoms with Gasteiger partial charge in [0.05, 0.1) is 0 Å². The van der Waals surface area contributed by atoms with Crippen LogP contribution in [0.2, 0.25) is 0 Å². The second-order valence-electron chi connectivity index (χ2n) is 2.42. The molecule has 0 bridgehead atoms. The molecule has 0 atom stereocenters. The second-order valence-corrected chi connectivity index (χ2v) is 2.42. The molecule has 12 heavy (non-hydrogen) atoms. The molecule has 0 fully saturated rings. The molecule has 0 saturated heterocycles. The van der Waals surface area contributed by atoms with Gasteiger partial charge in [-0.2, -0.15) is 0 Å². The molecule has 0 aliphatic heterocycles. The third kappa shape index (κ3) is 2.54. The Balaban J connectivity index is 2.65. The Kier molecular flexibility index (Phi) is 2.58. The summed E-state index contributed by atoms with van der Waals surface area (Å²) in [6, 6.07) is 0. The third-order valence-electron chi connectivity index (χ3n) is 1.41. The van der Waals surface area contributed by atoms with E-state index in [1.165, 1.54) is 12.2 Å². The average Bonchev–Trinajstić information content (AvgIpc) is 2.01. The number of carboxylic acid groups (broad SMARTS) is 1. The van der Waals surface area contributed by atoms with Crippen molar-refractivity contribution < 1.29 is 14.7 Å². The van der Waals surface area contributed by atoms with E-state index in [1.54, 1.807) is 12.2 Å². The highest BCUT2D eigenvalue weighted by Gasteiger charge is 2.03. The van der Waals surface area contributed by atoms with Gasteiger partial charge in [0.2, 0.25) is 0 Å². The van der Waals surface area contributed by atoms with E-state index in [0.29, 0.717) is 6.42 Å². The number of ketones is 1. The van der Waals surface area contributed by atoms with E-state index in [0.717, 1.165) is 11.6 Å².